The average molecular weight is 340 g/mol. The number of hydrogen-bond donors (Lipinski definition) is 0. The van der Waals surface area contributed by atoms with Crippen molar-refractivity contribution in [2.45, 2.75) is 44.2 Å². The molecule has 3 aliphatic heterocycles. The Bertz CT molecular complexity index is 1070. The van der Waals surface area contributed by atoms with Crippen molar-refractivity contribution in [1.82, 2.24) is 9.47 Å². The molecule has 2 bridgehead atoms. The van der Waals surface area contributed by atoms with Crippen LogP contribution in [0.4, 0.5) is 0 Å². The number of aryl methyl sites for hydroxylation is 1. The molecule has 1 aromatic heterocycles. The Labute approximate surface area is 154 Å². The van der Waals surface area contributed by atoms with Gasteiger partial charge in [0.2, 0.25) is 0 Å². The van der Waals surface area contributed by atoms with Gasteiger partial charge in [-0.2, -0.15) is 0 Å². The molecule has 0 N–H and O–H groups in total. The summed E-state index contributed by atoms with van der Waals surface area (Å²) in [5.41, 5.74) is 8.95. The van der Waals surface area contributed by atoms with Crippen molar-refractivity contribution in [2.75, 3.05) is 7.05 Å². The molecule has 2 aromatic carbocycles. The molecule has 0 amide bonds. The maximum Gasteiger partial charge on any atom is 0.0662 e. The lowest BCUT2D eigenvalue weighted by molar-refractivity contribution is 0.114. The smallest absolute Gasteiger partial charge is 0.0662 e. The van der Waals surface area contributed by atoms with Crippen LogP contribution in [-0.4, -0.2) is 22.6 Å². The van der Waals surface area contributed by atoms with Crippen molar-refractivity contribution in [2.24, 2.45) is 0 Å². The topological polar surface area (TPSA) is 8.17 Å². The molecule has 4 heterocycles. The van der Waals surface area contributed by atoms with Crippen molar-refractivity contribution in [3.8, 4) is 0 Å². The van der Waals surface area contributed by atoms with Crippen LogP contribution in [0.3, 0.4) is 0 Å². The lowest BCUT2D eigenvalue weighted by atomic mass is 9.78. The van der Waals surface area contributed by atoms with Crippen molar-refractivity contribution < 1.29 is 0 Å². The molecule has 1 saturated heterocycles. The third-order valence-corrected chi connectivity index (χ3v) is 7.17. The van der Waals surface area contributed by atoms with E-state index >= 15 is 0 Å². The first-order chi connectivity index (χ1) is 12.7. The maximum absolute atomic E-state index is 2.70. The predicted octanol–water partition coefficient (Wildman–Crippen LogP) is 5.20. The molecule has 2 unspecified atom stereocenters. The highest BCUT2D eigenvalue weighted by Gasteiger charge is 2.53. The number of nitrogens with zero attached hydrogens (tertiary/aromatic N) is 2. The van der Waals surface area contributed by atoms with E-state index in [9.17, 15) is 0 Å². The average Bonchev–Trinajstić information content (AvgIpc) is 3.05. The first kappa shape index (κ1) is 14.8. The summed E-state index contributed by atoms with van der Waals surface area (Å²) >= 11 is 0. The first-order valence-corrected chi connectivity index (χ1v) is 9.80. The van der Waals surface area contributed by atoms with Gasteiger partial charge in [-0.25, -0.2) is 0 Å². The van der Waals surface area contributed by atoms with E-state index in [-0.39, 0.29) is 5.54 Å². The van der Waals surface area contributed by atoms with Crippen molar-refractivity contribution >= 4 is 22.7 Å². The van der Waals surface area contributed by atoms with Crippen molar-refractivity contribution in [1.29, 1.82) is 0 Å². The van der Waals surface area contributed by atoms with Crippen LogP contribution in [0.25, 0.3) is 22.7 Å². The number of benzene rings is 2. The second-order valence-corrected chi connectivity index (χ2v) is 8.45. The lowest BCUT2D eigenvalue weighted by Gasteiger charge is -2.46. The monoisotopic (exact) mass is 340 g/mol. The maximum atomic E-state index is 2.70. The SMILES string of the molecule is Cc1ccc2c(c1)c1c3n2C=C(c2ccccc2)CC32CCC(C1)N2C. The molecule has 2 atom stereocenters. The molecular weight excluding hydrogens is 316 g/mol. The van der Waals surface area contributed by atoms with Gasteiger partial charge in [-0.1, -0.05) is 42.0 Å². The molecule has 1 fully saturated rings. The van der Waals surface area contributed by atoms with Gasteiger partial charge in [0.05, 0.1) is 11.1 Å². The molecule has 0 aliphatic carbocycles. The summed E-state index contributed by atoms with van der Waals surface area (Å²) in [5, 5.41) is 1.48. The molecule has 2 heteroatoms. The van der Waals surface area contributed by atoms with Crippen LogP contribution in [0.5, 0.6) is 0 Å². The van der Waals surface area contributed by atoms with Gasteiger partial charge < -0.3 is 4.57 Å². The summed E-state index contributed by atoms with van der Waals surface area (Å²) in [7, 11) is 2.36. The highest BCUT2D eigenvalue weighted by atomic mass is 15.3. The fourth-order valence-corrected chi connectivity index (χ4v) is 5.87. The van der Waals surface area contributed by atoms with Gasteiger partial charge in [-0.3, -0.25) is 4.90 Å². The Morgan fingerprint density at radius 2 is 1.92 bits per heavy atom. The van der Waals surface area contributed by atoms with Crippen molar-refractivity contribution in [3.05, 3.63) is 70.9 Å². The van der Waals surface area contributed by atoms with Crippen LogP contribution in [0.2, 0.25) is 0 Å². The highest BCUT2D eigenvalue weighted by molar-refractivity contribution is 5.93. The molecule has 0 radical (unpaired) electrons. The third kappa shape index (κ3) is 1.71. The molecule has 6 rings (SSSR count). The molecule has 3 aliphatic rings. The highest BCUT2D eigenvalue weighted by Crippen LogP contribution is 2.56. The van der Waals surface area contributed by atoms with E-state index in [1.165, 1.54) is 46.9 Å². The number of rotatable bonds is 1. The Balaban J connectivity index is 1.71. The fourth-order valence-electron chi connectivity index (χ4n) is 5.87. The van der Waals surface area contributed by atoms with Gasteiger partial charge >= 0.3 is 0 Å². The van der Waals surface area contributed by atoms with E-state index in [0.29, 0.717) is 6.04 Å². The summed E-state index contributed by atoms with van der Waals surface area (Å²) in [6.07, 6.45) is 7.35. The Hall–Kier alpha value is -2.32. The van der Waals surface area contributed by atoms with Crippen LogP contribution in [0, 0.1) is 6.92 Å². The Kier molecular flexibility index (Phi) is 2.79. The number of hydrogen-bond acceptors (Lipinski definition) is 1. The zero-order chi connectivity index (χ0) is 17.5. The minimum Gasteiger partial charge on any atom is -0.318 e. The van der Waals surface area contributed by atoms with Gasteiger partial charge in [0.25, 0.3) is 0 Å². The third-order valence-electron chi connectivity index (χ3n) is 7.17. The molecule has 130 valence electrons. The van der Waals surface area contributed by atoms with E-state index < -0.39 is 0 Å². The minimum absolute atomic E-state index is 0.172. The van der Waals surface area contributed by atoms with Gasteiger partial charge in [0.1, 0.15) is 0 Å². The summed E-state index contributed by atoms with van der Waals surface area (Å²) in [6, 6.07) is 18.6. The lowest BCUT2D eigenvalue weighted by Crippen LogP contribution is -2.49. The zero-order valence-electron chi connectivity index (χ0n) is 15.5. The predicted molar refractivity (Wildman–Crippen MR) is 108 cm³/mol. The Morgan fingerprint density at radius 1 is 1.08 bits per heavy atom. The Morgan fingerprint density at radius 3 is 2.77 bits per heavy atom. The van der Waals surface area contributed by atoms with E-state index in [0.717, 1.165) is 6.42 Å². The summed E-state index contributed by atoms with van der Waals surface area (Å²) in [5.74, 6) is 0. The summed E-state index contributed by atoms with van der Waals surface area (Å²) < 4.78 is 2.54. The zero-order valence-corrected chi connectivity index (χ0v) is 15.5. The van der Waals surface area contributed by atoms with E-state index in [1.807, 2.05) is 0 Å². The van der Waals surface area contributed by atoms with E-state index in [2.05, 4.69) is 78.2 Å². The van der Waals surface area contributed by atoms with Gasteiger partial charge in [0, 0.05) is 23.3 Å². The second kappa shape index (κ2) is 4.89. The number of likely N-dealkylation sites (N-methyl/N-ethyl adjacent to an activating group) is 1. The molecule has 1 spiro atoms. The molecular formula is C24H24N2. The summed E-state index contributed by atoms with van der Waals surface area (Å²) in [6.45, 7) is 2.22. The van der Waals surface area contributed by atoms with Crippen LogP contribution in [0.1, 0.15) is 41.6 Å². The first-order valence-electron chi connectivity index (χ1n) is 9.80. The fraction of sp³-hybridized carbons (Fsp3) is 0.333. The minimum atomic E-state index is 0.172. The van der Waals surface area contributed by atoms with Crippen molar-refractivity contribution in [3.63, 3.8) is 0 Å². The molecule has 0 saturated carbocycles. The number of aromatic nitrogens is 1. The standard InChI is InChI=1S/C24H24N2/c1-16-8-9-22-20(12-16)21-13-19-10-11-24(25(19)2)14-18(15-26(22)23(21)24)17-6-4-3-5-7-17/h3-9,12,15,19H,10-11,13-14H2,1-2H3. The largest absolute Gasteiger partial charge is 0.318 e. The molecule has 3 aromatic rings. The van der Waals surface area contributed by atoms with Crippen LogP contribution >= 0.6 is 0 Å². The molecule has 2 nitrogen and oxygen atoms in total. The quantitative estimate of drug-likeness (QED) is 0.591. The van der Waals surface area contributed by atoms with E-state index in [4.69, 9.17) is 0 Å². The van der Waals surface area contributed by atoms with Crippen LogP contribution < -0.4 is 0 Å². The van der Waals surface area contributed by atoms with Crippen LogP contribution in [0.15, 0.2) is 48.5 Å². The van der Waals surface area contributed by atoms with Gasteiger partial charge in [-0.15, -0.1) is 0 Å². The van der Waals surface area contributed by atoms with Crippen LogP contribution in [-0.2, 0) is 12.0 Å². The van der Waals surface area contributed by atoms with E-state index in [1.54, 1.807) is 11.3 Å². The second-order valence-electron chi connectivity index (χ2n) is 8.45. The number of fused-ring (bicyclic) bond motifs is 4. The summed E-state index contributed by atoms with van der Waals surface area (Å²) in [4.78, 5) is 2.70. The normalized spacial score (nSPS) is 26.8. The van der Waals surface area contributed by atoms with Gasteiger partial charge in [-0.05, 0) is 68.5 Å². The molecule has 26 heavy (non-hydrogen) atoms. The van der Waals surface area contributed by atoms with Gasteiger partial charge in [0.15, 0.2) is 0 Å².